The third-order valence-corrected chi connectivity index (χ3v) is 2.84. The molecule has 0 saturated heterocycles. The molecule has 0 fully saturated rings. The van der Waals surface area contributed by atoms with Gasteiger partial charge in [0, 0.05) is 12.4 Å². The molecular weight excluding hydrogens is 230 g/mol. The quantitative estimate of drug-likeness (QED) is 0.703. The maximum absolute atomic E-state index is 11.0. The van der Waals surface area contributed by atoms with E-state index in [1.54, 1.807) is 10.7 Å². The van der Waals surface area contributed by atoms with Gasteiger partial charge < -0.3 is 5.73 Å². The molecule has 1 amide bonds. The van der Waals surface area contributed by atoms with Crippen LogP contribution in [0.25, 0.3) is 22.3 Å². The Balaban J connectivity index is 2.22. The van der Waals surface area contributed by atoms with Gasteiger partial charge in [0.2, 0.25) is 0 Å². The first-order valence-corrected chi connectivity index (χ1v) is 5.44. The Bertz CT molecular complexity index is 740. The first kappa shape index (κ1) is 10.5. The highest BCUT2D eigenvalue weighted by Gasteiger charge is 2.14. The number of nitrogens with two attached hydrogens (primary N) is 1. The summed E-state index contributed by atoms with van der Waals surface area (Å²) in [5.41, 5.74) is 7.82. The monoisotopic (exact) mass is 241 g/mol. The topological polar surface area (TPSA) is 89.6 Å². The smallest absolute Gasteiger partial charge is 0.266 e. The zero-order valence-electron chi connectivity index (χ0n) is 9.71. The van der Waals surface area contributed by atoms with Crippen molar-refractivity contribution in [3.8, 4) is 11.4 Å². The number of para-hydroxylation sites is 1. The first-order chi connectivity index (χ1) is 8.66. The molecule has 0 atom stereocenters. The van der Waals surface area contributed by atoms with Crippen molar-refractivity contribution in [3.05, 3.63) is 36.0 Å². The summed E-state index contributed by atoms with van der Waals surface area (Å²) in [4.78, 5) is 11.0. The van der Waals surface area contributed by atoms with Crippen LogP contribution in [-0.4, -0.2) is 25.9 Å². The van der Waals surface area contributed by atoms with Crippen molar-refractivity contribution in [1.82, 2.24) is 20.0 Å². The maximum Gasteiger partial charge on any atom is 0.266 e. The predicted molar refractivity (Wildman–Crippen MR) is 66.8 cm³/mol. The van der Waals surface area contributed by atoms with Gasteiger partial charge in [-0.25, -0.2) is 0 Å². The molecule has 6 heteroatoms. The number of aromatic nitrogens is 4. The highest BCUT2D eigenvalue weighted by atomic mass is 16.1. The van der Waals surface area contributed by atoms with Gasteiger partial charge in [0.05, 0.1) is 5.52 Å². The summed E-state index contributed by atoms with van der Waals surface area (Å²) in [6, 6.07) is 9.45. The van der Waals surface area contributed by atoms with E-state index in [-0.39, 0.29) is 5.69 Å². The Morgan fingerprint density at radius 3 is 2.89 bits per heavy atom. The summed E-state index contributed by atoms with van der Waals surface area (Å²) in [5, 5.41) is 12.1. The van der Waals surface area contributed by atoms with Crippen molar-refractivity contribution < 1.29 is 4.79 Å². The van der Waals surface area contributed by atoms with Gasteiger partial charge in [0.15, 0.2) is 0 Å². The van der Waals surface area contributed by atoms with Crippen LogP contribution in [0.15, 0.2) is 30.3 Å². The van der Waals surface area contributed by atoms with Crippen molar-refractivity contribution >= 4 is 16.8 Å². The fraction of sp³-hybridized carbons (Fsp3) is 0.0833. The minimum Gasteiger partial charge on any atom is -0.364 e. The fourth-order valence-electron chi connectivity index (χ4n) is 1.97. The van der Waals surface area contributed by atoms with Crippen LogP contribution < -0.4 is 5.73 Å². The summed E-state index contributed by atoms with van der Waals surface area (Å²) in [6.07, 6.45) is 0. The number of primary amides is 1. The Morgan fingerprint density at radius 2 is 2.17 bits per heavy atom. The second kappa shape index (κ2) is 3.69. The summed E-state index contributed by atoms with van der Waals surface area (Å²) < 4.78 is 1.78. The number of benzene rings is 1. The zero-order chi connectivity index (χ0) is 12.7. The number of aromatic amines is 1. The van der Waals surface area contributed by atoms with E-state index in [2.05, 4.69) is 15.3 Å². The standard InChI is InChI=1S/C12H11N5O/c1-17-10-5-3-2-4-7(10)11(16-17)8-6-9(12(13)18)15-14-8/h2-6H,1H3,(H2,13,18)(H,14,15). The van der Waals surface area contributed by atoms with Crippen LogP contribution in [0.1, 0.15) is 10.5 Å². The van der Waals surface area contributed by atoms with Crippen LogP contribution in [0, 0.1) is 0 Å². The van der Waals surface area contributed by atoms with E-state index in [0.717, 1.165) is 16.6 Å². The van der Waals surface area contributed by atoms with Gasteiger partial charge in [0.1, 0.15) is 17.1 Å². The minimum absolute atomic E-state index is 0.278. The number of amides is 1. The maximum atomic E-state index is 11.0. The number of carbonyl (C=O) groups is 1. The number of hydrogen-bond donors (Lipinski definition) is 2. The predicted octanol–water partition coefficient (Wildman–Crippen LogP) is 1.06. The molecule has 0 aliphatic carbocycles. The second-order valence-corrected chi connectivity index (χ2v) is 4.02. The normalized spacial score (nSPS) is 10.9. The molecule has 2 heterocycles. The third-order valence-electron chi connectivity index (χ3n) is 2.84. The van der Waals surface area contributed by atoms with E-state index in [1.165, 1.54) is 0 Å². The molecule has 1 aromatic carbocycles. The lowest BCUT2D eigenvalue weighted by atomic mass is 10.1. The van der Waals surface area contributed by atoms with Gasteiger partial charge in [-0.2, -0.15) is 10.2 Å². The average molecular weight is 241 g/mol. The number of H-pyrrole nitrogens is 1. The lowest BCUT2D eigenvalue weighted by Crippen LogP contribution is -2.10. The van der Waals surface area contributed by atoms with E-state index in [9.17, 15) is 4.79 Å². The van der Waals surface area contributed by atoms with Crippen LogP contribution in [0.2, 0.25) is 0 Å². The van der Waals surface area contributed by atoms with Gasteiger partial charge in [-0.1, -0.05) is 18.2 Å². The van der Waals surface area contributed by atoms with Gasteiger partial charge in [-0.3, -0.25) is 14.6 Å². The SMILES string of the molecule is Cn1nc(-c2cc(C(N)=O)[nH]n2)c2ccccc21. The molecule has 0 aliphatic rings. The molecule has 0 aliphatic heterocycles. The molecule has 3 N–H and O–H groups in total. The Labute approximate surface area is 102 Å². The van der Waals surface area contributed by atoms with E-state index in [0.29, 0.717) is 5.69 Å². The third kappa shape index (κ3) is 1.46. The molecule has 3 rings (SSSR count). The Hall–Kier alpha value is -2.63. The van der Waals surface area contributed by atoms with E-state index in [4.69, 9.17) is 5.73 Å². The molecule has 90 valence electrons. The van der Waals surface area contributed by atoms with Crippen LogP contribution >= 0.6 is 0 Å². The summed E-state index contributed by atoms with van der Waals surface area (Å²) in [6.45, 7) is 0. The van der Waals surface area contributed by atoms with E-state index in [1.807, 2.05) is 31.3 Å². The number of fused-ring (bicyclic) bond motifs is 1. The van der Waals surface area contributed by atoms with Gasteiger partial charge in [-0.05, 0) is 12.1 Å². The second-order valence-electron chi connectivity index (χ2n) is 4.02. The largest absolute Gasteiger partial charge is 0.364 e. The van der Waals surface area contributed by atoms with Gasteiger partial charge >= 0.3 is 0 Å². The summed E-state index contributed by atoms with van der Waals surface area (Å²) in [5.74, 6) is -0.533. The minimum atomic E-state index is -0.533. The lowest BCUT2D eigenvalue weighted by molar-refractivity contribution is 0.0995. The number of carbonyl (C=O) groups excluding carboxylic acids is 1. The molecule has 0 unspecified atom stereocenters. The lowest BCUT2D eigenvalue weighted by Gasteiger charge is -1.90. The van der Waals surface area contributed by atoms with Gasteiger partial charge in [0.25, 0.3) is 5.91 Å². The number of aryl methyl sites for hydroxylation is 1. The number of nitrogens with zero attached hydrogens (tertiary/aromatic N) is 3. The highest BCUT2D eigenvalue weighted by Crippen LogP contribution is 2.26. The molecule has 0 radical (unpaired) electrons. The zero-order valence-corrected chi connectivity index (χ0v) is 9.71. The van der Waals surface area contributed by atoms with E-state index < -0.39 is 5.91 Å². The van der Waals surface area contributed by atoms with E-state index >= 15 is 0 Å². The number of hydrogen-bond acceptors (Lipinski definition) is 3. The van der Waals surface area contributed by atoms with Crippen molar-refractivity contribution in [3.63, 3.8) is 0 Å². The van der Waals surface area contributed by atoms with Crippen LogP contribution in [0.4, 0.5) is 0 Å². The van der Waals surface area contributed by atoms with Crippen LogP contribution in [0.3, 0.4) is 0 Å². The Kier molecular flexibility index (Phi) is 2.16. The van der Waals surface area contributed by atoms with Crippen LogP contribution in [-0.2, 0) is 7.05 Å². The first-order valence-electron chi connectivity index (χ1n) is 5.44. The van der Waals surface area contributed by atoms with Crippen LogP contribution in [0.5, 0.6) is 0 Å². The molecular formula is C12H11N5O. The average Bonchev–Trinajstić information content (AvgIpc) is 2.95. The molecule has 3 aromatic rings. The highest BCUT2D eigenvalue weighted by molar-refractivity contribution is 5.95. The molecule has 6 nitrogen and oxygen atoms in total. The number of nitrogens with one attached hydrogen (secondary N) is 1. The molecule has 18 heavy (non-hydrogen) atoms. The molecule has 0 spiro atoms. The van der Waals surface area contributed by atoms with Crippen molar-refractivity contribution in [2.24, 2.45) is 12.8 Å². The molecule has 2 aromatic heterocycles. The number of rotatable bonds is 2. The van der Waals surface area contributed by atoms with Crippen molar-refractivity contribution in [2.75, 3.05) is 0 Å². The van der Waals surface area contributed by atoms with Crippen molar-refractivity contribution in [1.29, 1.82) is 0 Å². The Morgan fingerprint density at radius 1 is 1.39 bits per heavy atom. The summed E-state index contributed by atoms with van der Waals surface area (Å²) in [7, 11) is 1.87. The fourth-order valence-corrected chi connectivity index (χ4v) is 1.97. The summed E-state index contributed by atoms with van der Waals surface area (Å²) >= 11 is 0. The van der Waals surface area contributed by atoms with Gasteiger partial charge in [-0.15, -0.1) is 0 Å². The van der Waals surface area contributed by atoms with Crippen molar-refractivity contribution in [2.45, 2.75) is 0 Å². The molecule has 0 bridgehead atoms. The molecule has 0 saturated carbocycles.